The Balaban J connectivity index is 1.97. The van der Waals surface area contributed by atoms with E-state index in [4.69, 9.17) is 4.74 Å². The second-order valence-corrected chi connectivity index (χ2v) is 4.14. The minimum atomic E-state index is 0.688. The van der Waals surface area contributed by atoms with Crippen LogP contribution in [0.2, 0.25) is 0 Å². The topological polar surface area (TPSA) is 9.23 Å². The molecule has 0 saturated carbocycles. The van der Waals surface area contributed by atoms with E-state index in [1.54, 1.807) is 0 Å². The van der Waals surface area contributed by atoms with Crippen LogP contribution in [-0.2, 0) is 0 Å². The van der Waals surface area contributed by atoms with Gasteiger partial charge in [0.25, 0.3) is 0 Å². The van der Waals surface area contributed by atoms with Gasteiger partial charge in [0.1, 0.15) is 12.4 Å². The van der Waals surface area contributed by atoms with Gasteiger partial charge < -0.3 is 4.74 Å². The summed E-state index contributed by atoms with van der Waals surface area (Å²) in [5.41, 5.74) is 3.79. The second-order valence-electron chi connectivity index (χ2n) is 4.14. The minimum Gasteiger partial charge on any atom is -0.488 e. The fraction of sp³-hybridized carbons (Fsp3) is 0.200. The third-order valence-electron chi connectivity index (χ3n) is 3.00. The Labute approximate surface area is 95.7 Å². The van der Waals surface area contributed by atoms with E-state index >= 15 is 0 Å². The Morgan fingerprint density at radius 2 is 2.00 bits per heavy atom. The molecule has 1 aliphatic carbocycles. The predicted octanol–water partition coefficient (Wildman–Crippen LogP) is 3.74. The lowest BCUT2D eigenvalue weighted by Gasteiger charge is -2.19. The van der Waals surface area contributed by atoms with Crippen LogP contribution in [0.3, 0.4) is 0 Å². The normalized spacial score (nSPS) is 18.2. The summed E-state index contributed by atoms with van der Waals surface area (Å²) >= 11 is 0. The highest BCUT2D eigenvalue weighted by Crippen LogP contribution is 2.30. The van der Waals surface area contributed by atoms with Crippen molar-refractivity contribution < 1.29 is 4.74 Å². The molecule has 1 heteroatoms. The van der Waals surface area contributed by atoms with E-state index in [-0.39, 0.29) is 0 Å². The zero-order valence-corrected chi connectivity index (χ0v) is 9.15. The lowest BCUT2D eigenvalue weighted by atomic mass is 9.96. The molecule has 3 rings (SSSR count). The van der Waals surface area contributed by atoms with Gasteiger partial charge in [-0.25, -0.2) is 0 Å². The molecule has 0 N–H and O–H groups in total. The molecule has 80 valence electrons. The zero-order valence-electron chi connectivity index (χ0n) is 9.15. The summed E-state index contributed by atoms with van der Waals surface area (Å²) in [7, 11) is 0. The first-order chi connectivity index (χ1) is 7.93. The number of fused-ring (bicyclic) bond motifs is 1. The molecule has 16 heavy (non-hydrogen) atoms. The maximum absolute atomic E-state index is 5.75. The first-order valence-corrected chi connectivity index (χ1v) is 5.73. The Bertz CT molecular complexity index is 492. The summed E-state index contributed by atoms with van der Waals surface area (Å²) in [6.45, 7) is 0.688. The molecule has 2 aliphatic rings. The first kappa shape index (κ1) is 9.46. The van der Waals surface area contributed by atoms with Crippen LogP contribution in [0.1, 0.15) is 18.4 Å². The Kier molecular flexibility index (Phi) is 2.37. The fourth-order valence-electron chi connectivity index (χ4n) is 2.13. The standard InChI is InChI=1S/C15H14O/c1-2-6-12(7-3-1)14-10-13-8-4-5-9-15(13)16-11-14/h2,4-10H,1,3,11H2. The highest BCUT2D eigenvalue weighted by atomic mass is 16.5. The average Bonchev–Trinajstić information content (AvgIpc) is 2.39. The number of hydrogen-bond donors (Lipinski definition) is 0. The van der Waals surface area contributed by atoms with Crippen LogP contribution in [0.25, 0.3) is 6.08 Å². The third kappa shape index (κ3) is 1.69. The molecule has 0 amide bonds. The average molecular weight is 210 g/mol. The summed E-state index contributed by atoms with van der Waals surface area (Å²) in [5.74, 6) is 0.992. The third-order valence-corrected chi connectivity index (χ3v) is 3.00. The van der Waals surface area contributed by atoms with Crippen molar-refractivity contribution in [1.29, 1.82) is 0 Å². The van der Waals surface area contributed by atoms with Crippen LogP contribution in [0, 0.1) is 0 Å². The number of benzene rings is 1. The van der Waals surface area contributed by atoms with E-state index in [0.29, 0.717) is 6.61 Å². The smallest absolute Gasteiger partial charge is 0.127 e. The molecule has 0 unspecified atom stereocenters. The molecule has 1 heterocycles. The summed E-state index contributed by atoms with van der Waals surface area (Å²) < 4.78 is 5.75. The van der Waals surface area contributed by atoms with Crippen molar-refractivity contribution in [1.82, 2.24) is 0 Å². The quantitative estimate of drug-likeness (QED) is 0.686. The van der Waals surface area contributed by atoms with Crippen molar-refractivity contribution in [2.24, 2.45) is 0 Å². The van der Waals surface area contributed by atoms with Crippen molar-refractivity contribution in [3.63, 3.8) is 0 Å². The molecule has 0 fully saturated rings. The lowest BCUT2D eigenvalue weighted by molar-refractivity contribution is 0.350. The van der Waals surface area contributed by atoms with Crippen LogP contribution in [0.4, 0.5) is 0 Å². The van der Waals surface area contributed by atoms with Gasteiger partial charge in [-0.05, 0) is 36.1 Å². The van der Waals surface area contributed by atoms with E-state index in [9.17, 15) is 0 Å². The van der Waals surface area contributed by atoms with Gasteiger partial charge in [-0.15, -0.1) is 0 Å². The number of rotatable bonds is 1. The molecule has 0 atom stereocenters. The number of allylic oxidation sites excluding steroid dienone is 3. The Morgan fingerprint density at radius 1 is 1.06 bits per heavy atom. The molecular weight excluding hydrogens is 196 g/mol. The molecular formula is C15H14O. The fourth-order valence-corrected chi connectivity index (χ4v) is 2.13. The second kappa shape index (κ2) is 4.01. The zero-order chi connectivity index (χ0) is 10.8. The molecule has 1 aliphatic heterocycles. The maximum atomic E-state index is 5.75. The Hall–Kier alpha value is -1.76. The number of hydrogen-bond acceptors (Lipinski definition) is 1. The number of ether oxygens (including phenoxy) is 1. The van der Waals surface area contributed by atoms with Gasteiger partial charge in [0.15, 0.2) is 0 Å². The monoisotopic (exact) mass is 210 g/mol. The molecule has 0 aromatic heterocycles. The molecule has 1 aromatic rings. The van der Waals surface area contributed by atoms with Crippen LogP contribution < -0.4 is 4.74 Å². The summed E-state index contributed by atoms with van der Waals surface area (Å²) in [4.78, 5) is 0. The van der Waals surface area contributed by atoms with E-state index in [0.717, 1.165) is 18.6 Å². The van der Waals surface area contributed by atoms with Gasteiger partial charge >= 0.3 is 0 Å². The van der Waals surface area contributed by atoms with Crippen molar-refractivity contribution in [2.45, 2.75) is 12.8 Å². The van der Waals surface area contributed by atoms with Crippen molar-refractivity contribution >= 4 is 6.08 Å². The molecule has 0 radical (unpaired) electrons. The van der Waals surface area contributed by atoms with E-state index in [1.165, 1.54) is 16.7 Å². The summed E-state index contributed by atoms with van der Waals surface area (Å²) in [6, 6.07) is 8.18. The maximum Gasteiger partial charge on any atom is 0.127 e. The van der Waals surface area contributed by atoms with Gasteiger partial charge in [-0.3, -0.25) is 0 Å². The van der Waals surface area contributed by atoms with Gasteiger partial charge in [-0.1, -0.05) is 36.4 Å². The van der Waals surface area contributed by atoms with Gasteiger partial charge in [0, 0.05) is 5.56 Å². The minimum absolute atomic E-state index is 0.688. The molecule has 0 saturated heterocycles. The van der Waals surface area contributed by atoms with E-state index < -0.39 is 0 Å². The summed E-state index contributed by atoms with van der Waals surface area (Å²) in [5, 5.41) is 0. The van der Waals surface area contributed by atoms with Crippen LogP contribution in [0.5, 0.6) is 5.75 Å². The van der Waals surface area contributed by atoms with E-state index in [1.807, 2.05) is 18.2 Å². The van der Waals surface area contributed by atoms with Crippen LogP contribution >= 0.6 is 0 Å². The number of para-hydroxylation sites is 1. The van der Waals surface area contributed by atoms with Crippen LogP contribution in [-0.4, -0.2) is 6.61 Å². The van der Waals surface area contributed by atoms with Crippen molar-refractivity contribution in [3.8, 4) is 5.75 Å². The molecule has 0 bridgehead atoms. The van der Waals surface area contributed by atoms with Gasteiger partial charge in [0.2, 0.25) is 0 Å². The largest absolute Gasteiger partial charge is 0.488 e. The molecule has 1 aromatic carbocycles. The SMILES string of the molecule is C1=CC(C2=Cc3ccccc3OC2)=CCC1. The molecule has 0 spiro atoms. The van der Waals surface area contributed by atoms with Gasteiger partial charge in [0.05, 0.1) is 0 Å². The lowest BCUT2D eigenvalue weighted by Crippen LogP contribution is -2.08. The van der Waals surface area contributed by atoms with Crippen molar-refractivity contribution in [2.75, 3.05) is 6.61 Å². The predicted molar refractivity (Wildman–Crippen MR) is 66.4 cm³/mol. The first-order valence-electron chi connectivity index (χ1n) is 5.73. The Morgan fingerprint density at radius 3 is 2.88 bits per heavy atom. The van der Waals surface area contributed by atoms with Gasteiger partial charge in [-0.2, -0.15) is 0 Å². The summed E-state index contributed by atoms with van der Waals surface area (Å²) in [6.07, 6.45) is 11.3. The van der Waals surface area contributed by atoms with E-state index in [2.05, 4.69) is 30.4 Å². The molecule has 1 nitrogen and oxygen atoms in total. The highest BCUT2D eigenvalue weighted by Gasteiger charge is 2.13. The van der Waals surface area contributed by atoms with Crippen LogP contribution in [0.15, 0.2) is 53.6 Å². The van der Waals surface area contributed by atoms with Crippen molar-refractivity contribution in [3.05, 3.63) is 59.2 Å². The highest BCUT2D eigenvalue weighted by molar-refractivity contribution is 5.67.